The van der Waals surface area contributed by atoms with E-state index in [1.165, 1.54) is 6.26 Å². The molecule has 1 aliphatic heterocycles. The summed E-state index contributed by atoms with van der Waals surface area (Å²) >= 11 is 3.37. The lowest BCUT2D eigenvalue weighted by Crippen LogP contribution is -2.40. The molecule has 2 heterocycles. The lowest BCUT2D eigenvalue weighted by molar-refractivity contribution is -0.129. The number of rotatable bonds is 6. The van der Waals surface area contributed by atoms with Gasteiger partial charge >= 0.3 is 0 Å². The van der Waals surface area contributed by atoms with Gasteiger partial charge in [0.15, 0.2) is 0 Å². The predicted octanol–water partition coefficient (Wildman–Crippen LogP) is 1.83. The molecule has 2 aromatic rings. The van der Waals surface area contributed by atoms with Crippen LogP contribution in [0, 0.1) is 5.92 Å². The number of benzene rings is 1. The molecular formula is C18H18BrN3O4. The average Bonchev–Trinajstić information content (AvgIpc) is 3.27. The van der Waals surface area contributed by atoms with Gasteiger partial charge in [0.25, 0.3) is 0 Å². The number of hydrogen-bond acceptors (Lipinski definition) is 4. The Balaban J connectivity index is 1.48. The summed E-state index contributed by atoms with van der Waals surface area (Å²) < 4.78 is 5.98. The van der Waals surface area contributed by atoms with Crippen molar-refractivity contribution in [3.8, 4) is 0 Å². The van der Waals surface area contributed by atoms with Crippen LogP contribution in [-0.4, -0.2) is 30.8 Å². The number of hydrogen-bond donors (Lipinski definition) is 2. The molecule has 2 N–H and O–H groups in total. The Kier molecular flexibility index (Phi) is 5.72. The van der Waals surface area contributed by atoms with E-state index >= 15 is 0 Å². The number of furan rings is 1. The van der Waals surface area contributed by atoms with Gasteiger partial charge in [0.05, 0.1) is 25.3 Å². The van der Waals surface area contributed by atoms with E-state index in [4.69, 9.17) is 4.42 Å². The van der Waals surface area contributed by atoms with E-state index in [1.54, 1.807) is 17.0 Å². The molecule has 1 fully saturated rings. The van der Waals surface area contributed by atoms with Crippen LogP contribution in [0.2, 0.25) is 0 Å². The summed E-state index contributed by atoms with van der Waals surface area (Å²) in [6, 6.07) is 10.8. The third kappa shape index (κ3) is 4.51. The smallest absolute Gasteiger partial charge is 0.239 e. The van der Waals surface area contributed by atoms with E-state index in [0.29, 0.717) is 12.3 Å². The number of anilines is 1. The van der Waals surface area contributed by atoms with Gasteiger partial charge in [-0.05, 0) is 30.3 Å². The molecule has 1 aromatic carbocycles. The Morgan fingerprint density at radius 1 is 1.23 bits per heavy atom. The van der Waals surface area contributed by atoms with E-state index in [-0.39, 0.29) is 37.2 Å². The summed E-state index contributed by atoms with van der Waals surface area (Å²) in [5, 5.41) is 5.24. The number of amides is 3. The molecular weight excluding hydrogens is 402 g/mol. The molecule has 0 spiro atoms. The zero-order valence-electron chi connectivity index (χ0n) is 13.9. The highest BCUT2D eigenvalue weighted by molar-refractivity contribution is 9.10. The van der Waals surface area contributed by atoms with Crippen molar-refractivity contribution in [2.75, 3.05) is 18.0 Å². The fourth-order valence-corrected chi connectivity index (χ4v) is 3.14. The molecule has 1 saturated heterocycles. The van der Waals surface area contributed by atoms with Crippen molar-refractivity contribution in [3.05, 3.63) is 52.9 Å². The van der Waals surface area contributed by atoms with Gasteiger partial charge in [-0.3, -0.25) is 14.4 Å². The molecule has 0 radical (unpaired) electrons. The molecule has 26 heavy (non-hydrogen) atoms. The number of nitrogens with zero attached hydrogens (tertiary/aromatic N) is 1. The first-order valence-electron chi connectivity index (χ1n) is 8.15. The van der Waals surface area contributed by atoms with Crippen LogP contribution < -0.4 is 15.5 Å². The third-order valence-corrected chi connectivity index (χ3v) is 4.57. The topological polar surface area (TPSA) is 91.7 Å². The molecule has 7 nitrogen and oxygen atoms in total. The fourth-order valence-electron chi connectivity index (χ4n) is 2.75. The van der Waals surface area contributed by atoms with Crippen molar-refractivity contribution < 1.29 is 18.8 Å². The second-order valence-corrected chi connectivity index (χ2v) is 6.87. The highest BCUT2D eigenvalue weighted by Gasteiger charge is 2.35. The van der Waals surface area contributed by atoms with Gasteiger partial charge in [-0.15, -0.1) is 0 Å². The summed E-state index contributed by atoms with van der Waals surface area (Å²) in [6.07, 6.45) is 1.66. The normalized spacial score (nSPS) is 16.6. The summed E-state index contributed by atoms with van der Waals surface area (Å²) in [5.41, 5.74) is 0.746. The summed E-state index contributed by atoms with van der Waals surface area (Å²) in [7, 11) is 0. The van der Waals surface area contributed by atoms with Crippen LogP contribution in [0.4, 0.5) is 5.69 Å². The molecule has 1 aromatic heterocycles. The van der Waals surface area contributed by atoms with Crippen molar-refractivity contribution >= 4 is 39.3 Å². The Morgan fingerprint density at radius 2 is 2.08 bits per heavy atom. The highest BCUT2D eigenvalue weighted by atomic mass is 79.9. The van der Waals surface area contributed by atoms with E-state index in [0.717, 1.165) is 10.2 Å². The highest BCUT2D eigenvalue weighted by Crippen LogP contribution is 2.27. The average molecular weight is 420 g/mol. The van der Waals surface area contributed by atoms with Crippen molar-refractivity contribution in [3.63, 3.8) is 0 Å². The Labute approximate surface area is 158 Å². The molecule has 0 unspecified atom stereocenters. The van der Waals surface area contributed by atoms with Crippen molar-refractivity contribution in [1.82, 2.24) is 10.6 Å². The van der Waals surface area contributed by atoms with E-state index < -0.39 is 5.92 Å². The largest absolute Gasteiger partial charge is 0.467 e. The van der Waals surface area contributed by atoms with E-state index in [2.05, 4.69) is 26.6 Å². The van der Waals surface area contributed by atoms with E-state index in [9.17, 15) is 14.4 Å². The first-order valence-corrected chi connectivity index (χ1v) is 8.95. The maximum atomic E-state index is 12.3. The standard InChI is InChI=1S/C18H18BrN3O4/c19-13-3-1-4-14(8-13)22-11-12(7-17(22)24)18(25)21-10-16(23)20-9-15-5-2-6-26-15/h1-6,8,12H,7,9-11H2,(H,20,23)(H,21,25)/t12-/m0/s1. The quantitative estimate of drug-likeness (QED) is 0.746. The van der Waals surface area contributed by atoms with Gasteiger partial charge in [-0.1, -0.05) is 22.0 Å². The first-order chi connectivity index (χ1) is 12.5. The Bertz CT molecular complexity index is 807. The SMILES string of the molecule is O=C(CNC(=O)[C@H]1CC(=O)N(c2cccc(Br)c2)C1)NCc1ccco1. The van der Waals surface area contributed by atoms with Crippen LogP contribution in [0.15, 0.2) is 51.6 Å². The van der Waals surface area contributed by atoms with Crippen LogP contribution in [0.5, 0.6) is 0 Å². The fraction of sp³-hybridized carbons (Fsp3) is 0.278. The predicted molar refractivity (Wildman–Crippen MR) is 98.2 cm³/mol. The van der Waals surface area contributed by atoms with Gasteiger partial charge in [-0.25, -0.2) is 0 Å². The summed E-state index contributed by atoms with van der Waals surface area (Å²) in [4.78, 5) is 37.9. The van der Waals surface area contributed by atoms with Crippen LogP contribution in [-0.2, 0) is 20.9 Å². The zero-order valence-corrected chi connectivity index (χ0v) is 15.5. The molecule has 1 aliphatic rings. The number of nitrogens with one attached hydrogen (secondary N) is 2. The molecule has 8 heteroatoms. The second kappa shape index (κ2) is 8.18. The van der Waals surface area contributed by atoms with Gasteiger partial charge in [0.2, 0.25) is 17.7 Å². The van der Waals surface area contributed by atoms with Gasteiger partial charge < -0.3 is 20.0 Å². The molecule has 0 bridgehead atoms. The van der Waals surface area contributed by atoms with Crippen LogP contribution in [0.3, 0.4) is 0 Å². The van der Waals surface area contributed by atoms with Crippen molar-refractivity contribution in [2.24, 2.45) is 5.92 Å². The van der Waals surface area contributed by atoms with Crippen LogP contribution >= 0.6 is 15.9 Å². The molecule has 136 valence electrons. The Morgan fingerprint density at radius 3 is 2.81 bits per heavy atom. The summed E-state index contributed by atoms with van der Waals surface area (Å²) in [5.74, 6) is -0.562. The lowest BCUT2D eigenvalue weighted by Gasteiger charge is -2.17. The van der Waals surface area contributed by atoms with Gasteiger partial charge in [-0.2, -0.15) is 0 Å². The molecule has 0 saturated carbocycles. The van der Waals surface area contributed by atoms with Gasteiger partial charge in [0.1, 0.15) is 5.76 Å². The molecule has 1 atom stereocenters. The first kappa shape index (κ1) is 18.2. The number of halogens is 1. The lowest BCUT2D eigenvalue weighted by atomic mass is 10.1. The molecule has 3 rings (SSSR count). The summed E-state index contributed by atoms with van der Waals surface area (Å²) in [6.45, 7) is 0.427. The van der Waals surface area contributed by atoms with Crippen molar-refractivity contribution in [2.45, 2.75) is 13.0 Å². The van der Waals surface area contributed by atoms with Gasteiger partial charge in [0, 0.05) is 23.1 Å². The number of carbonyl (C=O) groups is 3. The minimum atomic E-state index is -0.473. The maximum Gasteiger partial charge on any atom is 0.239 e. The monoisotopic (exact) mass is 419 g/mol. The van der Waals surface area contributed by atoms with Crippen LogP contribution in [0.25, 0.3) is 0 Å². The van der Waals surface area contributed by atoms with Crippen molar-refractivity contribution in [1.29, 1.82) is 0 Å². The molecule has 3 amide bonds. The van der Waals surface area contributed by atoms with E-state index in [1.807, 2.05) is 24.3 Å². The minimum Gasteiger partial charge on any atom is -0.467 e. The minimum absolute atomic E-state index is 0.106. The third-order valence-electron chi connectivity index (χ3n) is 4.08. The Hall–Kier alpha value is -2.61. The zero-order chi connectivity index (χ0) is 18.5. The number of carbonyl (C=O) groups excluding carboxylic acids is 3. The van der Waals surface area contributed by atoms with Crippen LogP contribution in [0.1, 0.15) is 12.2 Å². The molecule has 0 aliphatic carbocycles. The second-order valence-electron chi connectivity index (χ2n) is 5.96. The maximum absolute atomic E-state index is 12.3.